The zero-order valence-electron chi connectivity index (χ0n) is 42.5. The Morgan fingerprint density at radius 2 is 1.04 bits per heavy atom. The Balaban J connectivity index is 0.000000212. The van der Waals surface area contributed by atoms with Gasteiger partial charge in [0.25, 0.3) is 0 Å². The summed E-state index contributed by atoms with van der Waals surface area (Å²) in [5.74, 6) is 3.54. The third-order valence-corrected chi connectivity index (χ3v) is 11.8. The number of ether oxygens (including phenoxy) is 4. The minimum absolute atomic E-state index is 0.113. The van der Waals surface area contributed by atoms with Crippen molar-refractivity contribution in [1.29, 1.82) is 0 Å². The number of likely N-dealkylation sites (tertiary alicyclic amines) is 2. The van der Waals surface area contributed by atoms with Crippen molar-refractivity contribution in [3.63, 3.8) is 0 Å². The second-order valence-corrected chi connectivity index (χ2v) is 19.7. The molecular weight excluding hydrogens is 923 g/mol. The van der Waals surface area contributed by atoms with Crippen molar-refractivity contribution in [3.8, 4) is 11.5 Å². The minimum Gasteiger partial charge on any atom is -0.497 e. The number of piperidine rings is 2. The molecule has 72 heavy (non-hydrogen) atoms. The number of benzene rings is 2. The molecule has 2 saturated heterocycles. The highest BCUT2D eigenvalue weighted by Crippen LogP contribution is 2.29. The lowest BCUT2D eigenvalue weighted by Crippen LogP contribution is -2.42. The molecule has 0 bridgehead atoms. The van der Waals surface area contributed by atoms with Crippen molar-refractivity contribution in [1.82, 2.24) is 49.3 Å². The molecule has 0 radical (unpaired) electrons. The molecule has 382 valence electrons. The van der Waals surface area contributed by atoms with Crippen LogP contribution in [0.2, 0.25) is 0 Å². The number of rotatable bonds is 13. The molecule has 2 aliphatic heterocycles. The van der Waals surface area contributed by atoms with Gasteiger partial charge in [-0.3, -0.25) is 19.5 Å². The van der Waals surface area contributed by atoms with Crippen molar-refractivity contribution >= 4 is 40.9 Å². The first-order chi connectivity index (χ1) is 34.3. The number of nitrogens with zero attached hydrogens (tertiary/aromatic N) is 11. The molecular formula is C51H65N13O8. The molecule has 4 aromatic heterocycles. The van der Waals surface area contributed by atoms with Gasteiger partial charge >= 0.3 is 17.9 Å². The summed E-state index contributed by atoms with van der Waals surface area (Å²) >= 11 is 0. The first-order valence-corrected chi connectivity index (χ1v) is 24.0. The van der Waals surface area contributed by atoms with E-state index in [1.165, 1.54) is 6.20 Å². The summed E-state index contributed by atoms with van der Waals surface area (Å²) < 4.78 is 25.3. The fraction of sp³-hybridized carbons (Fsp3) is 0.451. The fourth-order valence-electron chi connectivity index (χ4n) is 8.02. The Morgan fingerprint density at radius 3 is 1.44 bits per heavy atom. The van der Waals surface area contributed by atoms with Gasteiger partial charge in [-0.05, 0) is 134 Å². The molecule has 8 rings (SSSR count). The zero-order valence-corrected chi connectivity index (χ0v) is 42.5. The maximum atomic E-state index is 12.3. The van der Waals surface area contributed by atoms with E-state index < -0.39 is 16.1 Å². The molecule has 0 aliphatic carbocycles. The molecule has 2 aromatic carbocycles. The summed E-state index contributed by atoms with van der Waals surface area (Å²) in [4.78, 5) is 57.0. The molecule has 2 amide bonds. The van der Waals surface area contributed by atoms with E-state index in [0.717, 1.165) is 65.5 Å². The molecule has 0 saturated carbocycles. The normalized spacial score (nSPS) is 14.5. The molecule has 6 heterocycles. The smallest absolute Gasteiger partial charge is 0.410 e. The van der Waals surface area contributed by atoms with E-state index >= 15 is 0 Å². The number of amides is 2. The van der Waals surface area contributed by atoms with Crippen LogP contribution in [0.5, 0.6) is 11.5 Å². The van der Waals surface area contributed by atoms with Gasteiger partial charge in [-0.1, -0.05) is 0 Å². The summed E-state index contributed by atoms with van der Waals surface area (Å²) in [6.07, 6.45) is 14.3. The van der Waals surface area contributed by atoms with Crippen molar-refractivity contribution < 1.29 is 33.5 Å². The van der Waals surface area contributed by atoms with Crippen LogP contribution < -0.4 is 20.1 Å². The monoisotopic (exact) mass is 988 g/mol. The maximum absolute atomic E-state index is 12.3. The highest BCUT2D eigenvalue weighted by atomic mass is 16.6. The van der Waals surface area contributed by atoms with Crippen LogP contribution in [0, 0.1) is 17.0 Å². The van der Waals surface area contributed by atoms with E-state index in [-0.39, 0.29) is 35.8 Å². The van der Waals surface area contributed by atoms with Crippen LogP contribution in [0.4, 0.5) is 38.3 Å². The lowest BCUT2D eigenvalue weighted by atomic mass is 10.1. The topological polar surface area (TPSA) is 232 Å². The largest absolute Gasteiger partial charge is 0.497 e. The second-order valence-electron chi connectivity index (χ2n) is 19.7. The highest BCUT2D eigenvalue weighted by Gasteiger charge is 2.30. The number of methoxy groups -OCH3 is 2. The predicted octanol–water partition coefficient (Wildman–Crippen LogP) is 9.39. The number of aromatic nitrogens is 8. The SMILES string of the molecule is COc1ccc(Nc2nc(Cc3cnn(C4CCN(C(=O)OC(C)(C)C)CC4)c3)ncc2C)cc1.COc1ccc(Nc2nc(Cc3cnn(C4CCN(C(=O)OC(C)(C)C)CC4)c3)ncc2[N+](=O)[O-])cc1. The Bertz CT molecular complexity index is 2770. The lowest BCUT2D eigenvalue weighted by molar-refractivity contribution is -0.384. The van der Waals surface area contributed by atoms with Gasteiger partial charge in [0.15, 0.2) is 0 Å². The van der Waals surface area contributed by atoms with Crippen molar-refractivity contribution in [3.05, 3.63) is 124 Å². The van der Waals surface area contributed by atoms with Gasteiger partial charge < -0.3 is 39.4 Å². The van der Waals surface area contributed by atoms with E-state index in [2.05, 4.69) is 42.0 Å². The Hall–Kier alpha value is -7.84. The summed E-state index contributed by atoms with van der Waals surface area (Å²) in [6.45, 7) is 15.7. The number of aryl methyl sites for hydroxylation is 1. The second kappa shape index (κ2) is 22.9. The van der Waals surface area contributed by atoms with E-state index in [4.69, 9.17) is 23.9 Å². The van der Waals surface area contributed by atoms with Gasteiger partial charge in [-0.25, -0.2) is 29.5 Å². The average molecular weight is 988 g/mol. The molecule has 2 fully saturated rings. The summed E-state index contributed by atoms with van der Waals surface area (Å²) in [5.41, 5.74) is 3.27. The Morgan fingerprint density at radius 1 is 0.639 bits per heavy atom. The van der Waals surface area contributed by atoms with Crippen molar-refractivity contribution in [2.24, 2.45) is 0 Å². The summed E-state index contributed by atoms with van der Waals surface area (Å²) in [7, 11) is 3.22. The number of hydrogen-bond acceptors (Lipinski definition) is 16. The minimum atomic E-state index is -0.519. The van der Waals surface area contributed by atoms with E-state index in [0.29, 0.717) is 56.3 Å². The number of hydrogen-bond donors (Lipinski definition) is 2. The predicted molar refractivity (Wildman–Crippen MR) is 270 cm³/mol. The maximum Gasteiger partial charge on any atom is 0.410 e. The van der Waals surface area contributed by atoms with Gasteiger partial charge in [0.1, 0.15) is 46.4 Å². The third kappa shape index (κ3) is 14.6. The van der Waals surface area contributed by atoms with Crippen LogP contribution in [-0.4, -0.2) is 118 Å². The van der Waals surface area contributed by atoms with Gasteiger partial charge in [-0.2, -0.15) is 10.2 Å². The highest BCUT2D eigenvalue weighted by molar-refractivity contribution is 5.69. The molecule has 21 nitrogen and oxygen atoms in total. The van der Waals surface area contributed by atoms with Crippen LogP contribution in [0.15, 0.2) is 85.7 Å². The van der Waals surface area contributed by atoms with Crippen LogP contribution >= 0.6 is 0 Å². The van der Waals surface area contributed by atoms with Gasteiger partial charge in [0.05, 0.1) is 43.6 Å². The zero-order chi connectivity index (χ0) is 51.6. The van der Waals surface area contributed by atoms with Crippen LogP contribution in [0.25, 0.3) is 0 Å². The first-order valence-electron chi connectivity index (χ1n) is 24.0. The fourth-order valence-corrected chi connectivity index (χ4v) is 8.02. The number of nitro groups is 1. The first kappa shape index (κ1) is 52.0. The molecule has 0 spiro atoms. The van der Waals surface area contributed by atoms with Crippen LogP contribution in [-0.2, 0) is 22.3 Å². The van der Waals surface area contributed by atoms with Crippen molar-refractivity contribution in [2.45, 2.75) is 110 Å². The van der Waals surface area contributed by atoms with Crippen LogP contribution in [0.3, 0.4) is 0 Å². The Kier molecular flexibility index (Phi) is 16.6. The number of carbonyl (C=O) groups is 2. The third-order valence-electron chi connectivity index (χ3n) is 11.8. The van der Waals surface area contributed by atoms with Gasteiger partial charge in [0.2, 0.25) is 5.82 Å². The van der Waals surface area contributed by atoms with Gasteiger partial charge in [0, 0.05) is 74.5 Å². The molecule has 21 heteroatoms. The number of carbonyl (C=O) groups excluding carboxylic acids is 2. The summed E-state index contributed by atoms with van der Waals surface area (Å²) in [6, 6.07) is 15.2. The van der Waals surface area contributed by atoms with E-state index in [1.807, 2.05) is 101 Å². The molecule has 0 atom stereocenters. The van der Waals surface area contributed by atoms with Crippen molar-refractivity contribution in [2.75, 3.05) is 51.0 Å². The quantitative estimate of drug-likeness (QED) is 0.0810. The Labute approximate surface area is 419 Å². The summed E-state index contributed by atoms with van der Waals surface area (Å²) in [5, 5.41) is 27.0. The lowest BCUT2D eigenvalue weighted by Gasteiger charge is -2.33. The van der Waals surface area contributed by atoms with E-state index in [1.54, 1.807) is 54.5 Å². The molecule has 2 N–H and O–H groups in total. The molecule has 0 unspecified atom stereocenters. The molecule has 6 aromatic rings. The van der Waals surface area contributed by atoms with E-state index in [9.17, 15) is 19.7 Å². The number of nitrogens with one attached hydrogen (secondary N) is 2. The standard InChI is InChI=1S/C26H34N6O3.C25H31N7O5/c1-18-15-27-23(30-24(18)29-20-6-8-22(34-5)9-7-20)14-19-16-28-32(17-19)21-10-12-31(13-11-21)25(33)35-26(2,3)4;1-25(2,3)37-24(33)30-11-9-19(10-12-30)31-16-17(14-27-31)13-22-26-15-21(32(34)35)23(29-22)28-18-5-7-20(36-4)8-6-18/h6-9,15-17,21H,10-14H2,1-5H3,(H,27,29,30);5-8,14-16,19H,9-13H2,1-4H3,(H,26,28,29). The van der Waals surface area contributed by atoms with Gasteiger partial charge in [-0.15, -0.1) is 0 Å². The molecule has 2 aliphatic rings. The van der Waals surface area contributed by atoms with Crippen LogP contribution in [0.1, 0.15) is 108 Å². The average Bonchev–Trinajstić information content (AvgIpc) is 4.02. The number of anilines is 4.